The molecular weight excluding hydrogens is 291 g/mol. The lowest BCUT2D eigenvalue weighted by Gasteiger charge is -2.24. The topological polar surface area (TPSA) is 59.1 Å². The van der Waals surface area contributed by atoms with E-state index in [-0.39, 0.29) is 16.0 Å². The summed E-state index contributed by atoms with van der Waals surface area (Å²) in [7, 11) is -3.58. The molecule has 0 bridgehead atoms. The van der Waals surface area contributed by atoms with Crippen LogP contribution in [-0.2, 0) is 10.0 Å². The molecule has 0 aromatic carbocycles. The molecule has 0 radical (unpaired) electrons. The van der Waals surface area contributed by atoms with E-state index in [1.165, 1.54) is 6.20 Å². The molecule has 8 heteroatoms. The van der Waals surface area contributed by atoms with Crippen LogP contribution >= 0.6 is 34.5 Å². The van der Waals surface area contributed by atoms with Crippen LogP contribution in [0.5, 0.6) is 0 Å². The van der Waals surface area contributed by atoms with Crippen LogP contribution in [0, 0.1) is 6.92 Å². The molecule has 92 valence electrons. The highest BCUT2D eigenvalue weighted by atomic mass is 35.5. The maximum Gasteiger partial charge on any atom is 0.252 e. The smallest absolute Gasteiger partial charge is 0.249 e. The Labute approximate surface area is 109 Å². The Hall–Kier alpha value is 0.120. The predicted molar refractivity (Wildman–Crippen MR) is 67.0 cm³/mol. The fraction of sp³-hybridized carbons (Fsp3) is 0.625. The van der Waals surface area contributed by atoms with Gasteiger partial charge in [0.15, 0.2) is 4.21 Å². The average Bonchev–Trinajstić information content (AvgIpc) is 2.65. The fourth-order valence-corrected chi connectivity index (χ4v) is 4.02. The first-order chi connectivity index (χ1) is 7.33. The van der Waals surface area contributed by atoms with E-state index in [1.54, 1.807) is 13.8 Å². The highest BCUT2D eigenvalue weighted by Gasteiger charge is 2.30. The van der Waals surface area contributed by atoms with E-state index < -0.39 is 15.6 Å². The van der Waals surface area contributed by atoms with Crippen LogP contribution in [0.4, 0.5) is 0 Å². The summed E-state index contributed by atoms with van der Waals surface area (Å²) in [6.45, 7) is 3.39. The van der Waals surface area contributed by atoms with E-state index in [1.807, 2.05) is 0 Å². The minimum atomic E-state index is -3.58. The summed E-state index contributed by atoms with van der Waals surface area (Å²) < 4.78 is 26.5. The van der Waals surface area contributed by atoms with Crippen molar-refractivity contribution in [3.63, 3.8) is 0 Å². The SMILES string of the molecule is Cc1ncc(S(=O)(=O)NC(C)(CCl)CCl)s1. The van der Waals surface area contributed by atoms with E-state index in [0.717, 1.165) is 11.3 Å². The van der Waals surface area contributed by atoms with Gasteiger partial charge in [-0.05, 0) is 13.8 Å². The second kappa shape index (κ2) is 5.18. The first-order valence-corrected chi connectivity index (χ1v) is 7.78. The van der Waals surface area contributed by atoms with Gasteiger partial charge in [-0.25, -0.2) is 18.1 Å². The Morgan fingerprint density at radius 3 is 2.44 bits per heavy atom. The van der Waals surface area contributed by atoms with Crippen LogP contribution in [0.25, 0.3) is 0 Å². The minimum Gasteiger partial charge on any atom is -0.249 e. The second-order valence-electron chi connectivity index (χ2n) is 3.63. The van der Waals surface area contributed by atoms with E-state index >= 15 is 0 Å². The number of aryl methyl sites for hydroxylation is 1. The molecule has 0 aliphatic carbocycles. The van der Waals surface area contributed by atoms with E-state index in [4.69, 9.17) is 23.2 Å². The Morgan fingerprint density at radius 1 is 1.50 bits per heavy atom. The van der Waals surface area contributed by atoms with Gasteiger partial charge in [0.1, 0.15) is 0 Å². The van der Waals surface area contributed by atoms with E-state index in [2.05, 4.69) is 9.71 Å². The Bertz CT molecular complexity index is 454. The third-order valence-electron chi connectivity index (χ3n) is 1.84. The molecule has 0 fully saturated rings. The third kappa shape index (κ3) is 3.30. The van der Waals surface area contributed by atoms with Crippen molar-refractivity contribution < 1.29 is 8.42 Å². The van der Waals surface area contributed by atoms with Crippen LogP contribution < -0.4 is 4.72 Å². The van der Waals surface area contributed by atoms with Crippen molar-refractivity contribution in [2.24, 2.45) is 0 Å². The highest BCUT2D eigenvalue weighted by Crippen LogP contribution is 2.20. The van der Waals surface area contributed by atoms with Crippen LogP contribution in [-0.4, -0.2) is 30.7 Å². The number of nitrogens with zero attached hydrogens (tertiary/aromatic N) is 1. The van der Waals surface area contributed by atoms with Crippen molar-refractivity contribution >= 4 is 44.6 Å². The molecular formula is C8H12Cl2N2O2S2. The van der Waals surface area contributed by atoms with Crippen LogP contribution in [0.3, 0.4) is 0 Å². The van der Waals surface area contributed by atoms with Crippen molar-refractivity contribution in [2.45, 2.75) is 23.6 Å². The molecule has 1 aromatic heterocycles. The van der Waals surface area contributed by atoms with Gasteiger partial charge in [-0.3, -0.25) is 0 Å². The Kier molecular flexibility index (Phi) is 4.59. The Morgan fingerprint density at radius 2 is 2.06 bits per heavy atom. The van der Waals surface area contributed by atoms with Gasteiger partial charge in [0.25, 0.3) is 10.0 Å². The molecule has 1 heterocycles. The molecule has 0 amide bonds. The predicted octanol–water partition coefficient (Wildman–Crippen LogP) is 1.97. The number of hydrogen-bond donors (Lipinski definition) is 1. The number of sulfonamides is 1. The van der Waals surface area contributed by atoms with E-state index in [0.29, 0.717) is 5.01 Å². The number of halogens is 2. The van der Waals surface area contributed by atoms with Gasteiger partial charge in [0.2, 0.25) is 0 Å². The lowest BCUT2D eigenvalue weighted by Crippen LogP contribution is -2.48. The molecule has 1 N–H and O–H groups in total. The van der Waals surface area contributed by atoms with Crippen molar-refractivity contribution in [3.05, 3.63) is 11.2 Å². The van der Waals surface area contributed by atoms with Crippen LogP contribution in [0.15, 0.2) is 10.4 Å². The Balaban J connectivity index is 2.96. The van der Waals surface area contributed by atoms with Gasteiger partial charge >= 0.3 is 0 Å². The summed E-state index contributed by atoms with van der Waals surface area (Å²) in [6.07, 6.45) is 1.32. The fourth-order valence-electron chi connectivity index (χ4n) is 0.931. The largest absolute Gasteiger partial charge is 0.252 e. The molecule has 0 aliphatic rings. The van der Waals surface area contributed by atoms with Gasteiger partial charge < -0.3 is 0 Å². The van der Waals surface area contributed by atoms with Crippen LogP contribution in [0.1, 0.15) is 11.9 Å². The van der Waals surface area contributed by atoms with Crippen molar-refractivity contribution in [2.75, 3.05) is 11.8 Å². The number of rotatable bonds is 5. The highest BCUT2D eigenvalue weighted by molar-refractivity contribution is 7.91. The lowest BCUT2D eigenvalue weighted by molar-refractivity contribution is 0.501. The average molecular weight is 303 g/mol. The van der Waals surface area contributed by atoms with Crippen molar-refractivity contribution in [1.82, 2.24) is 9.71 Å². The molecule has 1 aromatic rings. The molecule has 16 heavy (non-hydrogen) atoms. The zero-order valence-electron chi connectivity index (χ0n) is 8.83. The van der Waals surface area contributed by atoms with Gasteiger partial charge in [-0.1, -0.05) is 0 Å². The molecule has 1 rings (SSSR count). The van der Waals surface area contributed by atoms with E-state index in [9.17, 15) is 8.42 Å². The maximum atomic E-state index is 11.9. The third-order valence-corrected chi connectivity index (χ3v) is 6.03. The molecule has 0 aliphatic heterocycles. The summed E-state index contributed by atoms with van der Waals surface area (Å²) in [5, 5.41) is 0.693. The van der Waals surface area contributed by atoms with Crippen molar-refractivity contribution in [3.8, 4) is 0 Å². The number of alkyl halides is 2. The number of nitrogens with one attached hydrogen (secondary N) is 1. The summed E-state index contributed by atoms with van der Waals surface area (Å²) in [5.41, 5.74) is -0.847. The number of aromatic nitrogens is 1. The minimum absolute atomic E-state index is 0.105. The van der Waals surface area contributed by atoms with Gasteiger partial charge in [-0.15, -0.1) is 34.5 Å². The summed E-state index contributed by atoms with van der Waals surface area (Å²) in [6, 6.07) is 0. The van der Waals surface area contributed by atoms with Gasteiger partial charge in [-0.2, -0.15) is 0 Å². The lowest BCUT2D eigenvalue weighted by atomic mass is 10.1. The summed E-state index contributed by atoms with van der Waals surface area (Å²) in [4.78, 5) is 3.90. The standard InChI is InChI=1S/C8H12Cl2N2O2S2/c1-6-11-3-7(15-6)16(13,14)12-8(2,4-9)5-10/h3,12H,4-5H2,1-2H3. The maximum absolute atomic E-state index is 11.9. The first-order valence-electron chi connectivity index (χ1n) is 4.41. The second-order valence-corrected chi connectivity index (χ2v) is 7.31. The zero-order valence-corrected chi connectivity index (χ0v) is 12.0. The normalized spacial score (nSPS) is 13.0. The summed E-state index contributed by atoms with van der Waals surface area (Å²) >= 11 is 12.5. The van der Waals surface area contributed by atoms with Crippen LogP contribution in [0.2, 0.25) is 0 Å². The monoisotopic (exact) mass is 302 g/mol. The van der Waals surface area contributed by atoms with Gasteiger partial charge in [0, 0.05) is 11.8 Å². The first kappa shape index (κ1) is 14.2. The molecule has 0 spiro atoms. The van der Waals surface area contributed by atoms with Gasteiger partial charge in [0.05, 0.1) is 16.7 Å². The zero-order chi connectivity index (χ0) is 12.4. The molecule has 0 unspecified atom stereocenters. The van der Waals surface area contributed by atoms with Crippen molar-refractivity contribution in [1.29, 1.82) is 0 Å². The quantitative estimate of drug-likeness (QED) is 0.846. The number of hydrogen-bond acceptors (Lipinski definition) is 4. The molecule has 0 saturated carbocycles. The summed E-state index contributed by atoms with van der Waals surface area (Å²) in [5.74, 6) is 0.209. The molecule has 0 atom stereocenters. The molecule has 4 nitrogen and oxygen atoms in total. The molecule has 0 saturated heterocycles. The number of thiazole rings is 1.